The summed E-state index contributed by atoms with van der Waals surface area (Å²) in [4.78, 5) is 0.316. The predicted molar refractivity (Wildman–Crippen MR) is 111 cm³/mol. The standard InChI is InChI=1S/C22H29NO4S/c1-6-22(7-2)14-19(18-10-8-9-11-20(18)27-22)23-28(24,25)21-15(3)12-17(26-5)13-16(21)4/h8-13,19,23H,6-7,14H2,1-5H3/t19-/m0/s1. The maximum absolute atomic E-state index is 13.3. The molecule has 0 aliphatic carbocycles. The zero-order valence-electron chi connectivity index (χ0n) is 17.2. The van der Waals surface area contributed by atoms with Gasteiger partial charge in [-0.1, -0.05) is 32.0 Å². The van der Waals surface area contributed by atoms with Crippen LogP contribution < -0.4 is 14.2 Å². The summed E-state index contributed by atoms with van der Waals surface area (Å²) in [5.74, 6) is 1.41. The SMILES string of the molecule is CCC1(CC)C[C@H](NS(=O)(=O)c2c(C)cc(OC)cc2C)c2ccccc2O1. The molecule has 1 N–H and O–H groups in total. The van der Waals surface area contributed by atoms with Gasteiger partial charge in [0.2, 0.25) is 10.0 Å². The zero-order valence-corrected chi connectivity index (χ0v) is 18.0. The van der Waals surface area contributed by atoms with Crippen LogP contribution in [0.3, 0.4) is 0 Å². The highest BCUT2D eigenvalue weighted by molar-refractivity contribution is 7.89. The quantitative estimate of drug-likeness (QED) is 0.761. The van der Waals surface area contributed by atoms with E-state index in [-0.39, 0.29) is 11.6 Å². The van der Waals surface area contributed by atoms with Gasteiger partial charge in [-0.25, -0.2) is 13.1 Å². The fraction of sp³-hybridized carbons (Fsp3) is 0.455. The predicted octanol–water partition coefficient (Wildman–Crippen LogP) is 4.67. The van der Waals surface area contributed by atoms with Crippen LogP contribution in [-0.4, -0.2) is 21.1 Å². The smallest absolute Gasteiger partial charge is 0.241 e. The summed E-state index contributed by atoms with van der Waals surface area (Å²) in [6.07, 6.45) is 2.23. The third-order valence-corrected chi connectivity index (χ3v) is 7.50. The van der Waals surface area contributed by atoms with Crippen molar-refractivity contribution in [1.29, 1.82) is 0 Å². The molecule has 1 aliphatic heterocycles. The fourth-order valence-corrected chi connectivity index (χ4v) is 5.77. The van der Waals surface area contributed by atoms with Crippen LogP contribution in [0.15, 0.2) is 41.3 Å². The summed E-state index contributed by atoms with van der Waals surface area (Å²) in [6, 6.07) is 10.9. The van der Waals surface area contributed by atoms with Crippen molar-refractivity contribution in [2.75, 3.05) is 7.11 Å². The van der Waals surface area contributed by atoms with Crippen molar-refractivity contribution in [3.05, 3.63) is 53.1 Å². The number of benzene rings is 2. The van der Waals surface area contributed by atoms with Crippen molar-refractivity contribution in [3.8, 4) is 11.5 Å². The summed E-state index contributed by atoms with van der Waals surface area (Å²) in [5.41, 5.74) is 1.85. The summed E-state index contributed by atoms with van der Waals surface area (Å²) in [5, 5.41) is 0. The highest BCUT2D eigenvalue weighted by atomic mass is 32.2. The van der Waals surface area contributed by atoms with Crippen LogP contribution >= 0.6 is 0 Å². The summed E-state index contributed by atoms with van der Waals surface area (Å²) >= 11 is 0. The lowest BCUT2D eigenvalue weighted by Gasteiger charge is -2.41. The van der Waals surface area contributed by atoms with Crippen LogP contribution in [0.2, 0.25) is 0 Å². The third-order valence-electron chi connectivity index (χ3n) is 5.72. The molecule has 0 amide bonds. The average Bonchev–Trinajstić information content (AvgIpc) is 2.66. The molecule has 1 atom stereocenters. The Bertz CT molecular complexity index is 941. The first kappa shape index (κ1) is 20.7. The minimum Gasteiger partial charge on any atom is -0.497 e. The monoisotopic (exact) mass is 403 g/mol. The van der Waals surface area contributed by atoms with E-state index in [1.165, 1.54) is 0 Å². The van der Waals surface area contributed by atoms with E-state index < -0.39 is 10.0 Å². The minimum absolute atomic E-state index is 0.316. The summed E-state index contributed by atoms with van der Waals surface area (Å²) < 4.78 is 41.2. The van der Waals surface area contributed by atoms with E-state index in [0.29, 0.717) is 28.2 Å². The van der Waals surface area contributed by atoms with Crippen LogP contribution in [0.5, 0.6) is 11.5 Å². The van der Waals surface area contributed by atoms with Crippen LogP contribution in [-0.2, 0) is 10.0 Å². The molecule has 0 bridgehead atoms. The van der Waals surface area contributed by atoms with Gasteiger partial charge in [-0.15, -0.1) is 0 Å². The van der Waals surface area contributed by atoms with Gasteiger partial charge in [0.05, 0.1) is 18.0 Å². The van der Waals surface area contributed by atoms with Gasteiger partial charge < -0.3 is 9.47 Å². The van der Waals surface area contributed by atoms with Gasteiger partial charge in [-0.3, -0.25) is 0 Å². The molecule has 0 aromatic heterocycles. The number of rotatable bonds is 6. The molecule has 28 heavy (non-hydrogen) atoms. The maximum atomic E-state index is 13.3. The molecular weight excluding hydrogens is 374 g/mol. The normalized spacial score (nSPS) is 18.2. The van der Waals surface area contributed by atoms with Gasteiger partial charge in [0.25, 0.3) is 0 Å². The lowest BCUT2D eigenvalue weighted by Crippen LogP contribution is -2.44. The molecule has 2 aromatic carbocycles. The molecule has 0 unspecified atom stereocenters. The second kappa shape index (κ2) is 7.76. The fourth-order valence-electron chi connectivity index (χ4n) is 4.10. The number of ether oxygens (including phenoxy) is 2. The van der Waals surface area contributed by atoms with Gasteiger partial charge in [-0.2, -0.15) is 0 Å². The van der Waals surface area contributed by atoms with E-state index in [1.807, 2.05) is 24.3 Å². The Morgan fingerprint density at radius 3 is 2.32 bits per heavy atom. The first-order chi connectivity index (χ1) is 13.2. The number of methoxy groups -OCH3 is 1. The van der Waals surface area contributed by atoms with Crippen molar-refractivity contribution >= 4 is 10.0 Å². The molecule has 0 saturated carbocycles. The number of fused-ring (bicyclic) bond motifs is 1. The largest absolute Gasteiger partial charge is 0.497 e. The molecule has 3 rings (SSSR count). The highest BCUT2D eigenvalue weighted by Crippen LogP contribution is 2.43. The Hall–Kier alpha value is -2.05. The zero-order chi connectivity index (χ0) is 20.5. The number of hydrogen-bond donors (Lipinski definition) is 1. The first-order valence-corrected chi connectivity index (χ1v) is 11.2. The lowest BCUT2D eigenvalue weighted by atomic mass is 9.84. The second-order valence-electron chi connectivity index (χ2n) is 7.50. The minimum atomic E-state index is -3.72. The Kier molecular flexibility index (Phi) is 5.73. The molecule has 2 aromatic rings. The molecule has 5 nitrogen and oxygen atoms in total. The lowest BCUT2D eigenvalue weighted by molar-refractivity contribution is 0.0260. The van der Waals surface area contributed by atoms with Crippen molar-refractivity contribution < 1.29 is 17.9 Å². The number of nitrogens with one attached hydrogen (secondary N) is 1. The number of sulfonamides is 1. The molecule has 0 spiro atoms. The molecule has 0 saturated heterocycles. The topological polar surface area (TPSA) is 64.6 Å². The van der Waals surface area contributed by atoms with Gasteiger partial charge in [0.1, 0.15) is 17.1 Å². The number of hydrogen-bond acceptors (Lipinski definition) is 4. The van der Waals surface area contributed by atoms with E-state index in [2.05, 4.69) is 18.6 Å². The van der Waals surface area contributed by atoms with Gasteiger partial charge in [-0.05, 0) is 56.0 Å². The highest BCUT2D eigenvalue weighted by Gasteiger charge is 2.40. The van der Waals surface area contributed by atoms with Crippen LogP contribution in [0.25, 0.3) is 0 Å². The van der Waals surface area contributed by atoms with Crippen molar-refractivity contribution in [3.63, 3.8) is 0 Å². The Morgan fingerprint density at radius 2 is 1.75 bits per heavy atom. The average molecular weight is 404 g/mol. The van der Waals surface area contributed by atoms with Crippen LogP contribution in [0.1, 0.15) is 55.8 Å². The number of para-hydroxylation sites is 1. The molecule has 1 heterocycles. The first-order valence-electron chi connectivity index (χ1n) is 9.70. The van der Waals surface area contributed by atoms with E-state index in [1.54, 1.807) is 33.1 Å². The van der Waals surface area contributed by atoms with Gasteiger partial charge in [0, 0.05) is 12.0 Å². The Morgan fingerprint density at radius 1 is 1.14 bits per heavy atom. The summed E-state index contributed by atoms with van der Waals surface area (Å²) in [7, 11) is -2.14. The number of aryl methyl sites for hydroxylation is 2. The molecule has 1 aliphatic rings. The van der Waals surface area contributed by atoms with E-state index in [9.17, 15) is 8.42 Å². The molecular formula is C22H29NO4S. The van der Waals surface area contributed by atoms with E-state index >= 15 is 0 Å². The molecule has 6 heteroatoms. The maximum Gasteiger partial charge on any atom is 0.241 e. The van der Waals surface area contributed by atoms with Crippen molar-refractivity contribution in [2.24, 2.45) is 0 Å². The Balaban J connectivity index is 2.02. The molecule has 152 valence electrons. The summed E-state index contributed by atoms with van der Waals surface area (Å²) in [6.45, 7) is 7.76. The second-order valence-corrected chi connectivity index (χ2v) is 9.15. The Labute approximate surface area is 168 Å². The van der Waals surface area contributed by atoms with E-state index in [0.717, 1.165) is 24.2 Å². The van der Waals surface area contributed by atoms with Crippen LogP contribution in [0, 0.1) is 13.8 Å². The van der Waals surface area contributed by atoms with Crippen LogP contribution in [0.4, 0.5) is 0 Å². The van der Waals surface area contributed by atoms with E-state index in [4.69, 9.17) is 9.47 Å². The van der Waals surface area contributed by atoms with Crippen molar-refractivity contribution in [1.82, 2.24) is 4.72 Å². The molecule has 0 fully saturated rings. The van der Waals surface area contributed by atoms with Gasteiger partial charge >= 0.3 is 0 Å². The van der Waals surface area contributed by atoms with Crippen molar-refractivity contribution in [2.45, 2.75) is 63.5 Å². The van der Waals surface area contributed by atoms with Gasteiger partial charge in [0.15, 0.2) is 0 Å². The molecule has 0 radical (unpaired) electrons. The third kappa shape index (κ3) is 3.76.